The summed E-state index contributed by atoms with van der Waals surface area (Å²) in [5, 5.41) is 0. The summed E-state index contributed by atoms with van der Waals surface area (Å²) in [5.41, 5.74) is 2.49. The van der Waals surface area contributed by atoms with E-state index in [1.54, 1.807) is 18.4 Å². The van der Waals surface area contributed by atoms with Gasteiger partial charge in [0.15, 0.2) is 5.76 Å². The molecule has 2 aromatic heterocycles. The van der Waals surface area contributed by atoms with Crippen LogP contribution in [0.25, 0.3) is 0 Å². The maximum absolute atomic E-state index is 12.5. The summed E-state index contributed by atoms with van der Waals surface area (Å²) in [4.78, 5) is 28.2. The Balaban J connectivity index is 1.54. The van der Waals surface area contributed by atoms with Crippen molar-refractivity contribution in [3.05, 3.63) is 35.4 Å². The van der Waals surface area contributed by atoms with Gasteiger partial charge in [-0.3, -0.25) is 4.79 Å². The van der Waals surface area contributed by atoms with Gasteiger partial charge in [-0.15, -0.1) is 0 Å². The third-order valence-electron chi connectivity index (χ3n) is 5.15. The monoisotopic (exact) mass is 355 g/mol. The minimum absolute atomic E-state index is 0.0339. The number of carbonyl (C=O) groups excluding carboxylic acids is 1. The molecule has 4 rings (SSSR count). The third kappa shape index (κ3) is 3.13. The van der Waals surface area contributed by atoms with E-state index in [0.29, 0.717) is 18.8 Å². The molecule has 2 aromatic rings. The Bertz CT molecular complexity index is 779. The topological polar surface area (TPSA) is 65.7 Å². The second-order valence-corrected chi connectivity index (χ2v) is 7.13. The number of fused-ring (bicyclic) bond motifs is 1. The maximum Gasteiger partial charge on any atom is 0.289 e. The van der Waals surface area contributed by atoms with Crippen LogP contribution in [0.15, 0.2) is 22.8 Å². The van der Waals surface area contributed by atoms with E-state index in [0.717, 1.165) is 37.7 Å². The molecule has 0 radical (unpaired) electrons. The lowest BCUT2D eigenvalue weighted by Gasteiger charge is -2.37. The Morgan fingerprint density at radius 1 is 1.12 bits per heavy atom. The molecule has 1 aliphatic heterocycles. The van der Waals surface area contributed by atoms with Gasteiger partial charge in [0.05, 0.1) is 12.0 Å². The second-order valence-electron chi connectivity index (χ2n) is 7.13. The van der Waals surface area contributed by atoms with Crippen LogP contribution in [0.1, 0.15) is 34.7 Å². The Labute approximate surface area is 153 Å². The van der Waals surface area contributed by atoms with Crippen molar-refractivity contribution in [1.82, 2.24) is 14.9 Å². The Kier molecular flexibility index (Phi) is 4.53. The number of aryl methyl sites for hydroxylation is 1. The number of piperazine rings is 1. The molecule has 1 aliphatic carbocycles. The first-order valence-electron chi connectivity index (χ1n) is 9.28. The number of hydrogen-bond donors (Lipinski definition) is 0. The number of aromatic nitrogens is 2. The molecule has 1 fully saturated rings. The van der Waals surface area contributed by atoms with Crippen molar-refractivity contribution in [2.24, 2.45) is 0 Å². The number of amides is 1. The molecule has 138 valence electrons. The van der Waals surface area contributed by atoms with Gasteiger partial charge in [-0.25, -0.2) is 4.98 Å². The van der Waals surface area contributed by atoms with Gasteiger partial charge in [0.2, 0.25) is 5.95 Å². The fraction of sp³-hybridized carbons (Fsp3) is 0.526. The highest BCUT2D eigenvalue weighted by molar-refractivity contribution is 5.91. The van der Waals surface area contributed by atoms with E-state index in [9.17, 15) is 4.79 Å². The zero-order chi connectivity index (χ0) is 18.1. The highest BCUT2D eigenvalue weighted by Gasteiger charge is 2.28. The van der Waals surface area contributed by atoms with Gasteiger partial charge in [0.25, 0.3) is 5.91 Å². The van der Waals surface area contributed by atoms with Crippen molar-refractivity contribution in [2.45, 2.75) is 25.7 Å². The van der Waals surface area contributed by atoms with E-state index in [4.69, 9.17) is 14.4 Å². The van der Waals surface area contributed by atoms with Gasteiger partial charge in [0.1, 0.15) is 5.82 Å². The molecule has 0 unspecified atom stereocenters. The summed E-state index contributed by atoms with van der Waals surface area (Å²) in [6, 6.07) is 3.47. The highest BCUT2D eigenvalue weighted by atomic mass is 16.3. The first-order chi connectivity index (χ1) is 12.6. The van der Waals surface area contributed by atoms with E-state index in [2.05, 4.69) is 4.90 Å². The maximum atomic E-state index is 12.5. The summed E-state index contributed by atoms with van der Waals surface area (Å²) in [5.74, 6) is 2.21. The lowest BCUT2D eigenvalue weighted by Crippen LogP contribution is -2.49. The van der Waals surface area contributed by atoms with Crippen LogP contribution in [-0.2, 0) is 12.8 Å². The van der Waals surface area contributed by atoms with Crippen LogP contribution in [0.4, 0.5) is 11.8 Å². The Morgan fingerprint density at radius 2 is 1.88 bits per heavy atom. The van der Waals surface area contributed by atoms with Gasteiger partial charge >= 0.3 is 0 Å². The SMILES string of the molecule is CN(C)c1nc2c(c(N3CCN(C(=O)c4ccco4)CC3)n1)CCCC2. The van der Waals surface area contributed by atoms with Gasteiger partial charge < -0.3 is 19.1 Å². The normalized spacial score (nSPS) is 17.2. The van der Waals surface area contributed by atoms with Crippen molar-refractivity contribution in [3.63, 3.8) is 0 Å². The molecule has 1 saturated heterocycles. The minimum atomic E-state index is -0.0339. The fourth-order valence-corrected chi connectivity index (χ4v) is 3.70. The predicted molar refractivity (Wildman–Crippen MR) is 99.8 cm³/mol. The van der Waals surface area contributed by atoms with Crippen molar-refractivity contribution in [3.8, 4) is 0 Å². The number of hydrogen-bond acceptors (Lipinski definition) is 6. The summed E-state index contributed by atoms with van der Waals surface area (Å²) >= 11 is 0. The minimum Gasteiger partial charge on any atom is -0.459 e. The molecule has 3 heterocycles. The predicted octanol–water partition coefficient (Wildman–Crippen LogP) is 1.98. The molecule has 1 amide bonds. The van der Waals surface area contributed by atoms with Crippen molar-refractivity contribution >= 4 is 17.7 Å². The van der Waals surface area contributed by atoms with E-state index < -0.39 is 0 Å². The number of anilines is 2. The summed E-state index contributed by atoms with van der Waals surface area (Å²) in [6.07, 6.45) is 6.01. The highest BCUT2D eigenvalue weighted by Crippen LogP contribution is 2.30. The standard InChI is InChI=1S/C19H25N5O2/c1-22(2)19-20-15-7-4-3-6-14(15)17(21-19)23-9-11-24(12-10-23)18(25)16-8-5-13-26-16/h5,8,13H,3-4,6-7,9-12H2,1-2H3. The molecule has 0 spiro atoms. The lowest BCUT2D eigenvalue weighted by atomic mass is 9.96. The quantitative estimate of drug-likeness (QED) is 0.839. The van der Waals surface area contributed by atoms with Crippen LogP contribution in [0, 0.1) is 0 Å². The van der Waals surface area contributed by atoms with Gasteiger partial charge in [0, 0.05) is 45.8 Å². The molecular formula is C19H25N5O2. The molecular weight excluding hydrogens is 330 g/mol. The molecule has 26 heavy (non-hydrogen) atoms. The summed E-state index contributed by atoms with van der Waals surface area (Å²) in [6.45, 7) is 2.91. The number of rotatable bonds is 3. The van der Waals surface area contributed by atoms with Crippen LogP contribution < -0.4 is 9.80 Å². The van der Waals surface area contributed by atoms with Crippen molar-refractivity contribution in [1.29, 1.82) is 0 Å². The van der Waals surface area contributed by atoms with E-state index >= 15 is 0 Å². The van der Waals surface area contributed by atoms with Gasteiger partial charge in [-0.1, -0.05) is 0 Å². The molecule has 0 saturated carbocycles. The first-order valence-corrected chi connectivity index (χ1v) is 9.28. The molecule has 0 atom stereocenters. The molecule has 7 nitrogen and oxygen atoms in total. The van der Waals surface area contributed by atoms with Crippen LogP contribution in [0.3, 0.4) is 0 Å². The lowest BCUT2D eigenvalue weighted by molar-refractivity contribution is 0.0714. The molecule has 2 aliphatic rings. The van der Waals surface area contributed by atoms with Crippen LogP contribution in [0.2, 0.25) is 0 Å². The molecule has 0 N–H and O–H groups in total. The largest absolute Gasteiger partial charge is 0.459 e. The number of carbonyl (C=O) groups is 1. The zero-order valence-electron chi connectivity index (χ0n) is 15.4. The van der Waals surface area contributed by atoms with Crippen molar-refractivity contribution in [2.75, 3.05) is 50.1 Å². The first kappa shape index (κ1) is 16.9. The van der Waals surface area contributed by atoms with Crippen LogP contribution >= 0.6 is 0 Å². The van der Waals surface area contributed by atoms with Crippen molar-refractivity contribution < 1.29 is 9.21 Å². The van der Waals surface area contributed by atoms with E-state index in [-0.39, 0.29) is 5.91 Å². The number of nitrogens with zero attached hydrogens (tertiary/aromatic N) is 5. The summed E-state index contributed by atoms with van der Waals surface area (Å²) in [7, 11) is 3.96. The zero-order valence-corrected chi connectivity index (χ0v) is 15.4. The summed E-state index contributed by atoms with van der Waals surface area (Å²) < 4.78 is 5.25. The Morgan fingerprint density at radius 3 is 2.58 bits per heavy atom. The molecule has 0 aromatic carbocycles. The van der Waals surface area contributed by atoms with E-state index in [1.165, 1.54) is 24.1 Å². The average Bonchev–Trinajstić information content (AvgIpc) is 3.21. The fourth-order valence-electron chi connectivity index (χ4n) is 3.70. The van der Waals surface area contributed by atoms with Gasteiger partial charge in [-0.05, 0) is 37.8 Å². The second kappa shape index (κ2) is 6.97. The smallest absolute Gasteiger partial charge is 0.289 e. The van der Waals surface area contributed by atoms with Crippen LogP contribution in [-0.4, -0.2) is 61.0 Å². The average molecular weight is 355 g/mol. The molecule has 0 bridgehead atoms. The van der Waals surface area contributed by atoms with Crippen LogP contribution in [0.5, 0.6) is 0 Å². The molecule has 7 heteroatoms. The van der Waals surface area contributed by atoms with Gasteiger partial charge in [-0.2, -0.15) is 4.98 Å². The van der Waals surface area contributed by atoms with E-state index in [1.807, 2.05) is 23.9 Å². The third-order valence-corrected chi connectivity index (χ3v) is 5.15. The number of furan rings is 1. The Hall–Kier alpha value is -2.57.